The summed E-state index contributed by atoms with van der Waals surface area (Å²) >= 11 is 0. The van der Waals surface area contributed by atoms with Gasteiger partial charge in [-0.1, -0.05) is 36.4 Å². The number of fused-ring (bicyclic) bond motifs is 5. The van der Waals surface area contributed by atoms with Crippen LogP contribution >= 0.6 is 0 Å². The molecular formula is C22H21NO2. The summed E-state index contributed by atoms with van der Waals surface area (Å²) in [5.41, 5.74) is 3.66. The molecule has 0 radical (unpaired) electrons. The van der Waals surface area contributed by atoms with Crippen LogP contribution in [0.15, 0.2) is 54.6 Å². The minimum Gasteiger partial charge on any atom is -0.481 e. The number of carboxylic acid groups (broad SMARTS) is 1. The molecule has 3 nitrogen and oxygen atoms in total. The van der Waals surface area contributed by atoms with Crippen LogP contribution in [-0.4, -0.2) is 15.6 Å². The molecule has 0 aliphatic heterocycles. The summed E-state index contributed by atoms with van der Waals surface area (Å²) in [5, 5.41) is 12.3. The molecule has 2 bridgehead atoms. The molecule has 0 amide bonds. The summed E-state index contributed by atoms with van der Waals surface area (Å²) in [6, 6.07) is 15.1. The number of hydrogen-bond donors (Lipinski definition) is 1. The fourth-order valence-corrected chi connectivity index (χ4v) is 5.23. The molecule has 5 rings (SSSR count). The largest absolute Gasteiger partial charge is 0.481 e. The zero-order valence-electron chi connectivity index (χ0n) is 14.2. The lowest BCUT2D eigenvalue weighted by Crippen LogP contribution is -2.25. The highest BCUT2D eigenvalue weighted by Gasteiger charge is 2.48. The predicted octanol–water partition coefficient (Wildman–Crippen LogP) is 4.80. The number of aromatic nitrogens is 1. The summed E-state index contributed by atoms with van der Waals surface area (Å²) < 4.78 is 2.34. The number of rotatable bonds is 3. The lowest BCUT2D eigenvalue weighted by atomic mass is 9.78. The molecule has 2 aliphatic rings. The van der Waals surface area contributed by atoms with Gasteiger partial charge in [0.15, 0.2) is 0 Å². The molecule has 2 aliphatic carbocycles. The second-order valence-electron chi connectivity index (χ2n) is 7.38. The average Bonchev–Trinajstić information content (AvgIpc) is 3.32. The number of nitrogens with zero attached hydrogens (tertiary/aromatic N) is 1. The molecule has 0 unspecified atom stereocenters. The highest BCUT2D eigenvalue weighted by molar-refractivity contribution is 6.08. The van der Waals surface area contributed by atoms with Gasteiger partial charge in [-0.3, -0.25) is 4.79 Å². The molecule has 2 aromatic carbocycles. The first-order chi connectivity index (χ1) is 12.2. The molecular weight excluding hydrogens is 310 g/mol. The van der Waals surface area contributed by atoms with Gasteiger partial charge in [-0.15, -0.1) is 0 Å². The van der Waals surface area contributed by atoms with Crippen LogP contribution in [0, 0.1) is 17.8 Å². The van der Waals surface area contributed by atoms with Gasteiger partial charge >= 0.3 is 5.97 Å². The number of benzene rings is 2. The Morgan fingerprint density at radius 1 is 1.08 bits per heavy atom. The van der Waals surface area contributed by atoms with Gasteiger partial charge in [0.1, 0.15) is 0 Å². The Balaban J connectivity index is 1.72. The normalized spacial score (nSPS) is 27.6. The van der Waals surface area contributed by atoms with Gasteiger partial charge in [-0.25, -0.2) is 0 Å². The Morgan fingerprint density at radius 2 is 1.84 bits per heavy atom. The Kier molecular flexibility index (Phi) is 3.08. The minimum atomic E-state index is -0.655. The Labute approximate surface area is 146 Å². The molecule has 126 valence electrons. The number of aliphatic carboxylic acids is 1. The molecule has 1 heterocycles. The Morgan fingerprint density at radius 3 is 2.64 bits per heavy atom. The Hall–Kier alpha value is -2.55. The number of carboxylic acids is 1. The second-order valence-corrected chi connectivity index (χ2v) is 7.38. The minimum absolute atomic E-state index is 0.0978. The van der Waals surface area contributed by atoms with E-state index in [0.29, 0.717) is 5.92 Å². The van der Waals surface area contributed by atoms with Gasteiger partial charge in [-0.05, 0) is 48.9 Å². The van der Waals surface area contributed by atoms with E-state index in [1.54, 1.807) is 0 Å². The molecule has 0 saturated heterocycles. The fourth-order valence-electron chi connectivity index (χ4n) is 5.23. The number of para-hydroxylation sites is 1. The van der Waals surface area contributed by atoms with Crippen LogP contribution < -0.4 is 0 Å². The molecule has 1 N–H and O–H groups in total. The van der Waals surface area contributed by atoms with Crippen molar-refractivity contribution in [3.63, 3.8) is 0 Å². The molecule has 3 aromatic rings. The first-order valence-electron chi connectivity index (χ1n) is 9.11. The second kappa shape index (κ2) is 5.22. The van der Waals surface area contributed by atoms with Crippen LogP contribution in [0.25, 0.3) is 21.8 Å². The summed E-state index contributed by atoms with van der Waals surface area (Å²) in [5.74, 6) is -0.284. The van der Waals surface area contributed by atoms with Gasteiger partial charge in [0, 0.05) is 34.3 Å². The first kappa shape index (κ1) is 14.8. The number of carbonyl (C=O) groups is 1. The van der Waals surface area contributed by atoms with Crippen molar-refractivity contribution >= 4 is 27.8 Å². The Bertz CT molecular complexity index is 1030. The highest BCUT2D eigenvalue weighted by atomic mass is 16.4. The van der Waals surface area contributed by atoms with E-state index in [4.69, 9.17) is 0 Å². The van der Waals surface area contributed by atoms with Crippen LogP contribution in [0.1, 0.15) is 24.8 Å². The SMILES string of the molecule is CCn1c2ccccc2c2cc([C@H]3[C@@H](C(=O)O)[C@@H]4C=C[C@H]3C4)ccc21. The van der Waals surface area contributed by atoms with Crippen molar-refractivity contribution in [1.82, 2.24) is 4.57 Å². The van der Waals surface area contributed by atoms with Crippen molar-refractivity contribution in [2.45, 2.75) is 25.8 Å². The molecule has 1 fully saturated rings. The summed E-state index contributed by atoms with van der Waals surface area (Å²) in [6.45, 7) is 3.10. The third-order valence-electron chi connectivity index (χ3n) is 6.24. The van der Waals surface area contributed by atoms with Crippen molar-refractivity contribution in [3.05, 3.63) is 60.2 Å². The van der Waals surface area contributed by atoms with Gasteiger partial charge in [0.25, 0.3) is 0 Å². The van der Waals surface area contributed by atoms with Crippen molar-refractivity contribution in [2.75, 3.05) is 0 Å². The van der Waals surface area contributed by atoms with Crippen molar-refractivity contribution < 1.29 is 9.90 Å². The molecule has 0 spiro atoms. The van der Waals surface area contributed by atoms with E-state index in [2.05, 4.69) is 66.1 Å². The highest BCUT2D eigenvalue weighted by Crippen LogP contribution is 2.53. The van der Waals surface area contributed by atoms with Gasteiger partial charge < -0.3 is 9.67 Å². The fraction of sp³-hybridized carbons (Fsp3) is 0.318. The van der Waals surface area contributed by atoms with E-state index in [1.165, 1.54) is 27.4 Å². The topological polar surface area (TPSA) is 42.2 Å². The van der Waals surface area contributed by atoms with Gasteiger partial charge in [-0.2, -0.15) is 0 Å². The predicted molar refractivity (Wildman–Crippen MR) is 99.7 cm³/mol. The third kappa shape index (κ3) is 1.95. The van der Waals surface area contributed by atoms with Gasteiger partial charge in [0.05, 0.1) is 5.92 Å². The van der Waals surface area contributed by atoms with Crippen LogP contribution in [-0.2, 0) is 11.3 Å². The van der Waals surface area contributed by atoms with Crippen LogP contribution in [0.3, 0.4) is 0 Å². The lowest BCUT2D eigenvalue weighted by molar-refractivity contribution is -0.143. The van der Waals surface area contributed by atoms with Crippen molar-refractivity contribution in [3.8, 4) is 0 Å². The zero-order chi connectivity index (χ0) is 17.1. The maximum absolute atomic E-state index is 11.9. The monoisotopic (exact) mass is 331 g/mol. The van der Waals surface area contributed by atoms with E-state index >= 15 is 0 Å². The maximum Gasteiger partial charge on any atom is 0.307 e. The van der Waals surface area contributed by atoms with Crippen molar-refractivity contribution in [2.24, 2.45) is 17.8 Å². The molecule has 1 aromatic heterocycles. The number of allylic oxidation sites excluding steroid dienone is 2. The maximum atomic E-state index is 11.9. The summed E-state index contributed by atoms with van der Waals surface area (Å²) in [7, 11) is 0. The molecule has 3 heteroatoms. The van der Waals surface area contributed by atoms with Crippen LogP contribution in [0.5, 0.6) is 0 Å². The van der Waals surface area contributed by atoms with Gasteiger partial charge in [0.2, 0.25) is 0 Å². The average molecular weight is 331 g/mol. The van der Waals surface area contributed by atoms with Crippen LogP contribution in [0.2, 0.25) is 0 Å². The first-order valence-corrected chi connectivity index (χ1v) is 9.11. The van der Waals surface area contributed by atoms with E-state index in [-0.39, 0.29) is 17.8 Å². The summed E-state index contributed by atoms with van der Waals surface area (Å²) in [6.07, 6.45) is 5.33. The molecule has 1 saturated carbocycles. The molecule has 25 heavy (non-hydrogen) atoms. The van der Waals surface area contributed by atoms with E-state index in [9.17, 15) is 9.90 Å². The zero-order valence-corrected chi connectivity index (χ0v) is 14.2. The van der Waals surface area contributed by atoms with E-state index in [1.807, 2.05) is 0 Å². The quantitative estimate of drug-likeness (QED) is 0.700. The smallest absolute Gasteiger partial charge is 0.307 e. The number of aryl methyl sites for hydroxylation is 1. The summed E-state index contributed by atoms with van der Waals surface area (Å²) in [4.78, 5) is 11.9. The third-order valence-corrected chi connectivity index (χ3v) is 6.24. The van der Waals surface area contributed by atoms with E-state index in [0.717, 1.165) is 13.0 Å². The van der Waals surface area contributed by atoms with Crippen LogP contribution in [0.4, 0.5) is 0 Å². The molecule has 4 atom stereocenters. The van der Waals surface area contributed by atoms with Crippen molar-refractivity contribution in [1.29, 1.82) is 0 Å². The lowest BCUT2D eigenvalue weighted by Gasteiger charge is -2.25. The number of hydrogen-bond acceptors (Lipinski definition) is 1. The standard InChI is InChI=1S/C22H21NO2/c1-2-23-18-6-4-3-5-16(18)17-12-15(9-10-19(17)23)20-13-7-8-14(11-13)21(20)22(24)25/h3-10,12-14,20-21H,2,11H2,1H3,(H,24,25)/t13-,14+,20-,21-/m0/s1. The van der Waals surface area contributed by atoms with E-state index < -0.39 is 5.97 Å².